The number of hydrogen-bond donors (Lipinski definition) is 2. The van der Waals surface area contributed by atoms with Crippen molar-refractivity contribution in [1.82, 2.24) is 9.71 Å². The van der Waals surface area contributed by atoms with E-state index in [2.05, 4.69) is 9.71 Å². The Kier molecular flexibility index (Phi) is 4.36. The van der Waals surface area contributed by atoms with E-state index in [1.165, 1.54) is 6.07 Å². The van der Waals surface area contributed by atoms with Crippen molar-refractivity contribution in [2.45, 2.75) is 42.7 Å². The molecular weight excluding hydrogens is 324 g/mol. The first-order valence-electron chi connectivity index (χ1n) is 7.21. The summed E-state index contributed by atoms with van der Waals surface area (Å²) >= 11 is 5.83. The summed E-state index contributed by atoms with van der Waals surface area (Å²) in [5.41, 5.74) is 0.659. The number of aliphatic hydroxyl groups is 1. The predicted molar refractivity (Wildman–Crippen MR) is 85.3 cm³/mol. The van der Waals surface area contributed by atoms with Crippen LogP contribution in [0, 0.1) is 0 Å². The van der Waals surface area contributed by atoms with Gasteiger partial charge in [0, 0.05) is 11.4 Å². The van der Waals surface area contributed by atoms with Crippen molar-refractivity contribution in [2.75, 3.05) is 0 Å². The van der Waals surface area contributed by atoms with E-state index in [0.717, 1.165) is 5.39 Å². The number of aliphatic hydroxyl groups excluding tert-OH is 1. The van der Waals surface area contributed by atoms with Gasteiger partial charge in [0.05, 0.1) is 16.5 Å². The molecule has 22 heavy (non-hydrogen) atoms. The molecule has 0 saturated heterocycles. The summed E-state index contributed by atoms with van der Waals surface area (Å²) in [7, 11) is -3.57. The van der Waals surface area contributed by atoms with Gasteiger partial charge >= 0.3 is 0 Å². The number of nitrogens with zero attached hydrogens (tertiary/aromatic N) is 1. The van der Waals surface area contributed by atoms with Crippen LogP contribution in [0.25, 0.3) is 10.9 Å². The number of halogens is 1. The van der Waals surface area contributed by atoms with Gasteiger partial charge in [-0.25, -0.2) is 18.1 Å². The van der Waals surface area contributed by atoms with Crippen molar-refractivity contribution < 1.29 is 13.5 Å². The second-order valence-electron chi connectivity index (χ2n) is 5.62. The fourth-order valence-corrected chi connectivity index (χ4v) is 4.22. The quantitative estimate of drug-likeness (QED) is 0.841. The predicted octanol–water partition coefficient (Wildman–Crippen LogP) is 2.47. The number of benzene rings is 1. The maximum Gasteiger partial charge on any atom is 0.240 e. The van der Waals surface area contributed by atoms with E-state index in [0.29, 0.717) is 36.4 Å². The van der Waals surface area contributed by atoms with Gasteiger partial charge in [-0.15, -0.1) is 0 Å². The molecule has 1 heterocycles. The van der Waals surface area contributed by atoms with E-state index in [4.69, 9.17) is 11.6 Å². The highest BCUT2D eigenvalue weighted by Gasteiger charge is 2.24. The molecule has 5 nitrogen and oxygen atoms in total. The van der Waals surface area contributed by atoms with Crippen LogP contribution in [-0.2, 0) is 10.0 Å². The lowest BCUT2D eigenvalue weighted by molar-refractivity contribution is 0.120. The number of nitrogens with one attached hydrogen (secondary N) is 1. The SMILES string of the molecule is O=S(=O)(N[C@H]1CC[C@H](O)CC1)c1ccc2nc(Cl)ccc2c1. The molecule has 1 fully saturated rings. The minimum Gasteiger partial charge on any atom is -0.393 e. The molecule has 118 valence electrons. The number of sulfonamides is 1. The Hall–Kier alpha value is -1.21. The van der Waals surface area contributed by atoms with Crippen molar-refractivity contribution in [3.63, 3.8) is 0 Å². The van der Waals surface area contributed by atoms with Crippen LogP contribution in [0.5, 0.6) is 0 Å². The van der Waals surface area contributed by atoms with Gasteiger partial charge in [-0.2, -0.15) is 0 Å². The zero-order valence-electron chi connectivity index (χ0n) is 11.9. The third-order valence-corrected chi connectivity index (χ3v) is 5.68. The minimum atomic E-state index is -3.57. The number of hydrogen-bond acceptors (Lipinski definition) is 4. The molecule has 0 atom stereocenters. The summed E-state index contributed by atoms with van der Waals surface area (Å²) in [5, 5.41) is 10.6. The third-order valence-electron chi connectivity index (χ3n) is 3.96. The molecule has 1 aromatic heterocycles. The molecule has 0 bridgehead atoms. The van der Waals surface area contributed by atoms with Crippen LogP contribution in [0.3, 0.4) is 0 Å². The zero-order valence-corrected chi connectivity index (χ0v) is 13.4. The summed E-state index contributed by atoms with van der Waals surface area (Å²) in [6, 6.07) is 8.05. The van der Waals surface area contributed by atoms with E-state index >= 15 is 0 Å². The maximum atomic E-state index is 12.5. The maximum absolute atomic E-state index is 12.5. The third kappa shape index (κ3) is 3.41. The molecule has 7 heteroatoms. The molecule has 1 aromatic carbocycles. The van der Waals surface area contributed by atoms with Gasteiger partial charge in [0.1, 0.15) is 5.15 Å². The molecule has 0 amide bonds. The minimum absolute atomic E-state index is 0.118. The van der Waals surface area contributed by atoms with Crippen LogP contribution in [0.4, 0.5) is 0 Å². The fraction of sp³-hybridized carbons (Fsp3) is 0.400. The van der Waals surface area contributed by atoms with E-state index in [9.17, 15) is 13.5 Å². The van der Waals surface area contributed by atoms with E-state index in [1.807, 2.05) is 0 Å². The fourth-order valence-electron chi connectivity index (χ4n) is 2.73. The Morgan fingerprint density at radius 1 is 1.14 bits per heavy atom. The highest BCUT2D eigenvalue weighted by molar-refractivity contribution is 7.89. The van der Waals surface area contributed by atoms with E-state index in [-0.39, 0.29) is 17.0 Å². The first-order chi connectivity index (χ1) is 10.4. The first-order valence-corrected chi connectivity index (χ1v) is 9.07. The van der Waals surface area contributed by atoms with Gasteiger partial charge in [0.25, 0.3) is 0 Å². The van der Waals surface area contributed by atoms with Crippen molar-refractivity contribution in [2.24, 2.45) is 0 Å². The lowest BCUT2D eigenvalue weighted by Gasteiger charge is -2.26. The summed E-state index contributed by atoms with van der Waals surface area (Å²) in [4.78, 5) is 4.36. The molecule has 3 rings (SSSR count). The molecule has 1 aliphatic rings. The van der Waals surface area contributed by atoms with Crippen LogP contribution >= 0.6 is 11.6 Å². The van der Waals surface area contributed by atoms with Crippen molar-refractivity contribution in [1.29, 1.82) is 0 Å². The molecular formula is C15H17ClN2O3S. The van der Waals surface area contributed by atoms with Gasteiger partial charge in [-0.3, -0.25) is 0 Å². The number of aromatic nitrogens is 1. The molecule has 1 saturated carbocycles. The Balaban J connectivity index is 1.84. The smallest absolute Gasteiger partial charge is 0.240 e. The molecule has 0 spiro atoms. The van der Waals surface area contributed by atoms with E-state index in [1.54, 1.807) is 24.3 Å². The standard InChI is InChI=1S/C15H17ClN2O3S/c16-15-8-1-10-9-13(6-7-14(10)17-15)22(20,21)18-11-2-4-12(19)5-3-11/h1,6-9,11-12,18-19H,2-5H2/t11-,12-. The topological polar surface area (TPSA) is 79.3 Å². The summed E-state index contributed by atoms with van der Waals surface area (Å²) in [6.45, 7) is 0. The van der Waals surface area contributed by atoms with Crippen molar-refractivity contribution in [3.8, 4) is 0 Å². The van der Waals surface area contributed by atoms with Gasteiger partial charge in [-0.1, -0.05) is 11.6 Å². The van der Waals surface area contributed by atoms with Gasteiger partial charge in [0.2, 0.25) is 10.0 Å². The summed E-state index contributed by atoms with van der Waals surface area (Å²) < 4.78 is 27.7. The zero-order chi connectivity index (χ0) is 15.7. The number of rotatable bonds is 3. The average molecular weight is 341 g/mol. The Bertz CT molecular complexity index is 786. The van der Waals surface area contributed by atoms with Crippen LogP contribution in [0.2, 0.25) is 5.15 Å². The molecule has 2 aromatic rings. The lowest BCUT2D eigenvalue weighted by atomic mass is 9.94. The Morgan fingerprint density at radius 3 is 2.59 bits per heavy atom. The second-order valence-corrected chi connectivity index (χ2v) is 7.72. The molecule has 0 radical (unpaired) electrons. The summed E-state index contributed by atoms with van der Waals surface area (Å²) in [5.74, 6) is 0. The van der Waals surface area contributed by atoms with E-state index < -0.39 is 10.0 Å². The Labute approximate surface area is 134 Å². The average Bonchev–Trinajstić information content (AvgIpc) is 2.49. The van der Waals surface area contributed by atoms with Gasteiger partial charge < -0.3 is 5.11 Å². The molecule has 2 N–H and O–H groups in total. The van der Waals surface area contributed by atoms with Crippen molar-refractivity contribution >= 4 is 32.5 Å². The normalized spacial score (nSPS) is 22.8. The number of pyridine rings is 1. The summed E-state index contributed by atoms with van der Waals surface area (Å²) in [6.07, 6.45) is 2.27. The second kappa shape index (κ2) is 6.12. The number of fused-ring (bicyclic) bond motifs is 1. The molecule has 0 unspecified atom stereocenters. The lowest BCUT2D eigenvalue weighted by Crippen LogP contribution is -2.38. The van der Waals surface area contributed by atoms with Crippen LogP contribution in [0.1, 0.15) is 25.7 Å². The largest absolute Gasteiger partial charge is 0.393 e. The van der Waals surface area contributed by atoms with Gasteiger partial charge in [-0.05, 0) is 56.0 Å². The van der Waals surface area contributed by atoms with Crippen LogP contribution in [-0.4, -0.2) is 30.7 Å². The highest BCUT2D eigenvalue weighted by atomic mass is 35.5. The highest BCUT2D eigenvalue weighted by Crippen LogP contribution is 2.23. The monoisotopic (exact) mass is 340 g/mol. The molecule has 0 aliphatic heterocycles. The van der Waals surface area contributed by atoms with Crippen LogP contribution in [0.15, 0.2) is 35.2 Å². The Morgan fingerprint density at radius 2 is 1.86 bits per heavy atom. The van der Waals surface area contributed by atoms with Gasteiger partial charge in [0.15, 0.2) is 0 Å². The van der Waals surface area contributed by atoms with Crippen molar-refractivity contribution in [3.05, 3.63) is 35.5 Å². The first kappa shape index (κ1) is 15.7. The van der Waals surface area contributed by atoms with Crippen LogP contribution < -0.4 is 4.72 Å². The molecule has 1 aliphatic carbocycles.